The van der Waals surface area contributed by atoms with Crippen LogP contribution in [0, 0.1) is 5.92 Å². The Balaban J connectivity index is 4.71. The number of allylic oxidation sites excluding steroid dienone is 4. The fraction of sp³-hybridized carbons (Fsp3) is 0.500. The third kappa shape index (κ3) is 5.45. The van der Waals surface area contributed by atoms with E-state index >= 15 is 0 Å². The zero-order valence-corrected chi connectivity index (χ0v) is 10.6. The van der Waals surface area contributed by atoms with E-state index in [9.17, 15) is 13.2 Å². The van der Waals surface area contributed by atoms with Crippen LogP contribution in [0.5, 0.6) is 0 Å². The number of rotatable bonds is 5. The van der Waals surface area contributed by atoms with E-state index in [1.165, 1.54) is 23.9 Å². The number of hydrogen-bond acceptors (Lipinski definition) is 1. The molecular weight excluding hydrogens is 233 g/mol. The third-order valence-corrected chi connectivity index (χ3v) is 2.80. The summed E-state index contributed by atoms with van der Waals surface area (Å²) < 4.78 is 36.8. The molecule has 0 amide bonds. The molecule has 0 N–H and O–H groups in total. The molecule has 0 aromatic carbocycles. The number of alkyl halides is 3. The molecule has 0 spiro atoms. The van der Waals surface area contributed by atoms with Crippen molar-refractivity contribution in [1.82, 2.24) is 0 Å². The summed E-state index contributed by atoms with van der Waals surface area (Å²) in [5.41, 5.74) is 0.770. The van der Waals surface area contributed by atoms with Crippen molar-refractivity contribution >= 4 is 11.8 Å². The van der Waals surface area contributed by atoms with Crippen LogP contribution in [-0.2, 0) is 0 Å². The van der Waals surface area contributed by atoms with Crippen molar-refractivity contribution in [2.24, 2.45) is 5.92 Å². The molecule has 0 aromatic rings. The van der Waals surface area contributed by atoms with E-state index < -0.39 is 12.1 Å². The Hall–Kier alpha value is -0.640. The summed E-state index contributed by atoms with van der Waals surface area (Å²) >= 11 is 1.44. The fourth-order valence-corrected chi connectivity index (χ4v) is 1.36. The van der Waals surface area contributed by atoms with Crippen molar-refractivity contribution in [3.8, 4) is 0 Å². The van der Waals surface area contributed by atoms with E-state index in [2.05, 4.69) is 6.58 Å². The highest BCUT2D eigenvalue weighted by Crippen LogP contribution is 2.28. The highest BCUT2D eigenvalue weighted by atomic mass is 32.2. The predicted molar refractivity (Wildman–Crippen MR) is 65.4 cm³/mol. The van der Waals surface area contributed by atoms with Crippen LogP contribution in [0.2, 0.25) is 0 Å². The molecule has 1 unspecified atom stereocenters. The van der Waals surface area contributed by atoms with Gasteiger partial charge in [-0.2, -0.15) is 13.2 Å². The largest absolute Gasteiger partial charge is 0.394 e. The second-order valence-corrected chi connectivity index (χ2v) is 4.29. The van der Waals surface area contributed by atoms with Crippen molar-refractivity contribution < 1.29 is 13.2 Å². The summed E-state index contributed by atoms with van der Waals surface area (Å²) in [6.45, 7) is 6.87. The first-order chi connectivity index (χ1) is 7.32. The van der Waals surface area contributed by atoms with Gasteiger partial charge in [-0.25, -0.2) is 0 Å². The van der Waals surface area contributed by atoms with Crippen molar-refractivity contribution in [2.75, 3.05) is 6.26 Å². The van der Waals surface area contributed by atoms with Crippen LogP contribution in [0.25, 0.3) is 0 Å². The predicted octanol–water partition coefficient (Wildman–Crippen LogP) is 4.95. The monoisotopic (exact) mass is 250 g/mol. The molecule has 0 rings (SSSR count). The van der Waals surface area contributed by atoms with Gasteiger partial charge in [0.1, 0.15) is 0 Å². The summed E-state index contributed by atoms with van der Waals surface area (Å²) in [6.07, 6.45) is 3.00. The molecule has 1 atom stereocenters. The van der Waals surface area contributed by atoms with Gasteiger partial charge in [-0.3, -0.25) is 0 Å². The fourth-order valence-electron chi connectivity index (χ4n) is 0.970. The smallest absolute Gasteiger partial charge is 0.170 e. The van der Waals surface area contributed by atoms with E-state index in [0.717, 1.165) is 23.8 Å². The van der Waals surface area contributed by atoms with E-state index in [4.69, 9.17) is 0 Å². The Morgan fingerprint density at radius 1 is 1.44 bits per heavy atom. The maximum Gasteiger partial charge on any atom is 0.394 e. The second-order valence-electron chi connectivity index (χ2n) is 3.38. The van der Waals surface area contributed by atoms with Crippen LogP contribution in [0.3, 0.4) is 0 Å². The molecule has 0 nitrogen and oxygen atoms in total. The van der Waals surface area contributed by atoms with Crippen LogP contribution in [0.1, 0.15) is 20.3 Å². The van der Waals surface area contributed by atoms with Gasteiger partial charge in [-0.15, -0.1) is 11.8 Å². The molecule has 0 aliphatic rings. The van der Waals surface area contributed by atoms with Crippen LogP contribution >= 0.6 is 11.8 Å². The van der Waals surface area contributed by atoms with E-state index in [1.807, 2.05) is 19.3 Å². The number of thioether (sulfide) groups is 1. The van der Waals surface area contributed by atoms with E-state index in [1.54, 1.807) is 0 Å². The average molecular weight is 250 g/mol. The highest BCUT2D eigenvalue weighted by molar-refractivity contribution is 8.02. The van der Waals surface area contributed by atoms with Gasteiger partial charge in [0.25, 0.3) is 0 Å². The van der Waals surface area contributed by atoms with Gasteiger partial charge in [-0.1, -0.05) is 38.7 Å². The lowest BCUT2D eigenvalue weighted by Crippen LogP contribution is -2.17. The first-order valence-electron chi connectivity index (χ1n) is 5.01. The molecule has 0 radical (unpaired) electrons. The molecule has 0 aliphatic heterocycles. The van der Waals surface area contributed by atoms with Gasteiger partial charge in [0.15, 0.2) is 0 Å². The van der Waals surface area contributed by atoms with Crippen molar-refractivity contribution in [3.63, 3.8) is 0 Å². The molecule has 0 fully saturated rings. The van der Waals surface area contributed by atoms with Gasteiger partial charge >= 0.3 is 6.18 Å². The lowest BCUT2D eigenvalue weighted by molar-refractivity contribution is -0.156. The Labute approximate surface area is 99.3 Å². The van der Waals surface area contributed by atoms with Crippen LogP contribution in [0.4, 0.5) is 13.2 Å². The molecule has 0 bridgehead atoms. The van der Waals surface area contributed by atoms with Gasteiger partial charge in [-0.05, 0) is 18.2 Å². The zero-order valence-electron chi connectivity index (χ0n) is 9.77. The van der Waals surface area contributed by atoms with Crippen molar-refractivity contribution in [1.29, 1.82) is 0 Å². The van der Waals surface area contributed by atoms with E-state index in [-0.39, 0.29) is 0 Å². The summed E-state index contributed by atoms with van der Waals surface area (Å²) in [7, 11) is 0. The Bertz CT molecular complexity index is 287. The Morgan fingerprint density at radius 2 is 2.00 bits per heavy atom. The third-order valence-electron chi connectivity index (χ3n) is 2.07. The quantitative estimate of drug-likeness (QED) is 0.622. The minimum atomic E-state index is -4.17. The lowest BCUT2D eigenvalue weighted by atomic mass is 10.1. The molecule has 0 aromatic heterocycles. The summed E-state index contributed by atoms with van der Waals surface area (Å²) in [5, 5.41) is 0. The summed E-state index contributed by atoms with van der Waals surface area (Å²) in [5.74, 6) is -1.43. The zero-order chi connectivity index (χ0) is 12.8. The van der Waals surface area contributed by atoms with Gasteiger partial charge in [0.05, 0.1) is 5.92 Å². The standard InChI is InChI=1S/C12H17F3S/c1-5-6-11(10(3)16-4)8-7-9(2)12(13,14)15/h6-9H,3,5H2,1-2,4H3/b8-7-,11-6+. The Kier molecular flexibility index (Phi) is 6.56. The highest BCUT2D eigenvalue weighted by Gasteiger charge is 2.33. The first kappa shape index (κ1) is 15.4. The van der Waals surface area contributed by atoms with Gasteiger partial charge < -0.3 is 0 Å². The molecule has 4 heteroatoms. The minimum absolute atomic E-state index is 0.770. The van der Waals surface area contributed by atoms with Crippen molar-refractivity contribution in [2.45, 2.75) is 26.4 Å². The molecule has 0 heterocycles. The molecule has 92 valence electrons. The normalized spacial score (nSPS) is 15.5. The Morgan fingerprint density at radius 3 is 2.38 bits per heavy atom. The summed E-state index contributed by atoms with van der Waals surface area (Å²) in [4.78, 5) is 0.785. The van der Waals surface area contributed by atoms with Crippen LogP contribution in [-0.4, -0.2) is 12.4 Å². The SMILES string of the molecule is C=C(SC)C(/C=C\C(C)C(F)(F)F)=C/CC. The minimum Gasteiger partial charge on any atom is -0.170 e. The topological polar surface area (TPSA) is 0 Å². The van der Waals surface area contributed by atoms with Gasteiger partial charge in [0, 0.05) is 4.91 Å². The molecule has 16 heavy (non-hydrogen) atoms. The second kappa shape index (κ2) is 6.84. The first-order valence-corrected chi connectivity index (χ1v) is 6.23. The molecule has 0 saturated heterocycles. The van der Waals surface area contributed by atoms with E-state index in [0.29, 0.717) is 0 Å². The molecule has 0 saturated carbocycles. The number of hydrogen-bond donors (Lipinski definition) is 0. The molecule has 0 aliphatic carbocycles. The number of halogens is 3. The maximum absolute atomic E-state index is 12.3. The van der Waals surface area contributed by atoms with Gasteiger partial charge in [0.2, 0.25) is 0 Å². The molecular formula is C12H17F3S. The average Bonchev–Trinajstić information content (AvgIpc) is 2.21. The van der Waals surface area contributed by atoms with Crippen LogP contribution < -0.4 is 0 Å². The maximum atomic E-state index is 12.3. The van der Waals surface area contributed by atoms with Crippen LogP contribution in [0.15, 0.2) is 35.3 Å². The lowest BCUT2D eigenvalue weighted by Gasteiger charge is -2.11. The summed E-state index contributed by atoms with van der Waals surface area (Å²) in [6, 6.07) is 0. The van der Waals surface area contributed by atoms with Crippen molar-refractivity contribution in [3.05, 3.63) is 35.3 Å².